The Balaban J connectivity index is 1.68. The van der Waals surface area contributed by atoms with Gasteiger partial charge in [-0.25, -0.2) is 8.42 Å². The topological polar surface area (TPSA) is 75.3 Å². The normalized spacial score (nSPS) is 12.3. The van der Waals surface area contributed by atoms with Gasteiger partial charge in [-0.1, -0.05) is 35.9 Å². The highest BCUT2D eigenvalue weighted by atomic mass is 32.2. The molecule has 0 unspecified atom stereocenters. The fraction of sp³-hybridized carbons (Fsp3) is 0.208. The highest BCUT2D eigenvalue weighted by Gasteiger charge is 2.15. The van der Waals surface area contributed by atoms with Gasteiger partial charge in [-0.05, 0) is 80.8 Å². The minimum atomic E-state index is -3.68. The van der Waals surface area contributed by atoms with Crippen LogP contribution >= 0.6 is 0 Å². The molecule has 6 heteroatoms. The first-order valence-electron chi connectivity index (χ1n) is 9.73. The summed E-state index contributed by atoms with van der Waals surface area (Å²) in [6.45, 7) is 7.93. The lowest BCUT2D eigenvalue weighted by Crippen LogP contribution is -2.26. The van der Waals surface area contributed by atoms with Crippen molar-refractivity contribution in [2.45, 2.75) is 38.6 Å². The molecule has 0 aliphatic carbocycles. The smallest absolute Gasteiger partial charge is 0.261 e. The first kappa shape index (κ1) is 21.6. The van der Waals surface area contributed by atoms with Crippen molar-refractivity contribution in [2.75, 3.05) is 4.72 Å². The Morgan fingerprint density at radius 2 is 1.47 bits per heavy atom. The van der Waals surface area contributed by atoms with Crippen molar-refractivity contribution in [3.05, 3.63) is 94.5 Å². The zero-order valence-electron chi connectivity index (χ0n) is 17.6. The van der Waals surface area contributed by atoms with E-state index in [0.29, 0.717) is 11.3 Å². The summed E-state index contributed by atoms with van der Waals surface area (Å²) in [6, 6.07) is 19.0. The Bertz CT molecular complexity index is 1150. The fourth-order valence-corrected chi connectivity index (χ4v) is 4.08. The van der Waals surface area contributed by atoms with Gasteiger partial charge in [0.15, 0.2) is 0 Å². The van der Waals surface area contributed by atoms with E-state index < -0.39 is 10.0 Å². The quantitative estimate of drug-likeness (QED) is 0.593. The molecular formula is C24H26N2O3S. The van der Waals surface area contributed by atoms with Gasteiger partial charge in [-0.15, -0.1) is 0 Å². The number of carbonyl (C=O) groups is 1. The summed E-state index contributed by atoms with van der Waals surface area (Å²) in [5.74, 6) is -0.214. The van der Waals surface area contributed by atoms with Crippen LogP contribution in [0, 0.1) is 20.8 Å². The number of aryl methyl sites for hydroxylation is 3. The van der Waals surface area contributed by atoms with E-state index in [1.165, 1.54) is 11.1 Å². The Morgan fingerprint density at radius 3 is 2.07 bits per heavy atom. The van der Waals surface area contributed by atoms with Crippen LogP contribution in [0.3, 0.4) is 0 Å². The zero-order chi connectivity index (χ0) is 21.9. The van der Waals surface area contributed by atoms with Crippen molar-refractivity contribution in [3.8, 4) is 0 Å². The molecule has 5 nitrogen and oxygen atoms in total. The summed E-state index contributed by atoms with van der Waals surface area (Å²) in [5.41, 5.74) is 5.27. The molecule has 0 aromatic heterocycles. The van der Waals surface area contributed by atoms with E-state index in [-0.39, 0.29) is 16.8 Å². The molecule has 0 saturated carbocycles. The van der Waals surface area contributed by atoms with E-state index >= 15 is 0 Å². The maximum absolute atomic E-state index is 12.6. The van der Waals surface area contributed by atoms with Crippen molar-refractivity contribution < 1.29 is 13.2 Å². The van der Waals surface area contributed by atoms with Crippen LogP contribution < -0.4 is 10.0 Å². The summed E-state index contributed by atoms with van der Waals surface area (Å²) < 4.78 is 27.5. The molecule has 156 valence electrons. The first-order valence-corrected chi connectivity index (χ1v) is 11.2. The number of carbonyl (C=O) groups excluding carboxylic acids is 1. The monoisotopic (exact) mass is 422 g/mol. The number of nitrogens with one attached hydrogen (secondary N) is 2. The van der Waals surface area contributed by atoms with E-state index in [1.807, 2.05) is 32.9 Å². The molecule has 3 aromatic carbocycles. The molecule has 0 heterocycles. The minimum Gasteiger partial charge on any atom is -0.346 e. The van der Waals surface area contributed by atoms with E-state index in [1.54, 1.807) is 48.5 Å². The van der Waals surface area contributed by atoms with Gasteiger partial charge >= 0.3 is 0 Å². The molecule has 0 bridgehead atoms. The van der Waals surface area contributed by atoms with Crippen molar-refractivity contribution in [2.24, 2.45) is 0 Å². The lowest BCUT2D eigenvalue weighted by molar-refractivity contribution is 0.0940. The number of hydrogen-bond acceptors (Lipinski definition) is 3. The third-order valence-electron chi connectivity index (χ3n) is 5.11. The maximum Gasteiger partial charge on any atom is 0.261 e. The maximum atomic E-state index is 12.6. The number of rotatable bonds is 6. The predicted octanol–water partition coefficient (Wildman–Crippen LogP) is 4.90. The van der Waals surface area contributed by atoms with Gasteiger partial charge < -0.3 is 5.32 Å². The largest absolute Gasteiger partial charge is 0.346 e. The number of sulfonamides is 1. The Labute approximate surface area is 178 Å². The van der Waals surface area contributed by atoms with Crippen molar-refractivity contribution in [1.29, 1.82) is 0 Å². The second-order valence-electron chi connectivity index (χ2n) is 7.53. The molecule has 0 spiro atoms. The van der Waals surface area contributed by atoms with Gasteiger partial charge in [-0.3, -0.25) is 9.52 Å². The Hall–Kier alpha value is -3.12. The van der Waals surface area contributed by atoms with Crippen molar-refractivity contribution in [3.63, 3.8) is 0 Å². The van der Waals surface area contributed by atoms with Crippen LogP contribution in [0.1, 0.15) is 45.6 Å². The molecule has 0 fully saturated rings. The molecule has 1 amide bonds. The molecule has 0 saturated heterocycles. The number of benzene rings is 3. The number of anilines is 1. The van der Waals surface area contributed by atoms with Crippen LogP contribution in [0.25, 0.3) is 0 Å². The molecule has 1 atom stereocenters. The summed E-state index contributed by atoms with van der Waals surface area (Å²) in [7, 11) is -3.68. The average Bonchev–Trinajstić information content (AvgIpc) is 2.70. The minimum absolute atomic E-state index is 0.142. The SMILES string of the molecule is Cc1ccc(S(=O)(=O)Nc2ccc(C(=O)N[C@@H](C)c3ccc(C)c(C)c3)cc2)cc1. The summed E-state index contributed by atoms with van der Waals surface area (Å²) >= 11 is 0. The molecule has 30 heavy (non-hydrogen) atoms. The Kier molecular flexibility index (Phi) is 6.27. The standard InChI is InChI=1S/C24H26N2O3S/c1-16-5-13-23(14-6-16)30(28,29)26-22-11-9-20(10-12-22)24(27)25-19(4)21-8-7-17(2)18(3)15-21/h5-15,19,26H,1-4H3,(H,25,27)/t19-/m0/s1. The predicted molar refractivity (Wildman–Crippen MR) is 120 cm³/mol. The number of amides is 1. The first-order chi connectivity index (χ1) is 14.2. The van der Waals surface area contributed by atoms with Crippen LogP contribution in [-0.4, -0.2) is 14.3 Å². The highest BCUT2D eigenvalue weighted by Crippen LogP contribution is 2.19. The molecule has 3 rings (SSSR count). The van der Waals surface area contributed by atoms with Crippen LogP contribution in [0.4, 0.5) is 5.69 Å². The van der Waals surface area contributed by atoms with Crippen LogP contribution in [0.15, 0.2) is 71.6 Å². The molecule has 0 aliphatic heterocycles. The second kappa shape index (κ2) is 8.71. The molecule has 0 radical (unpaired) electrons. The van der Waals surface area contributed by atoms with Crippen LogP contribution in [-0.2, 0) is 10.0 Å². The molecular weight excluding hydrogens is 396 g/mol. The number of hydrogen-bond donors (Lipinski definition) is 2. The van der Waals surface area contributed by atoms with E-state index in [2.05, 4.69) is 23.0 Å². The summed E-state index contributed by atoms with van der Waals surface area (Å²) in [6.07, 6.45) is 0. The lowest BCUT2D eigenvalue weighted by Gasteiger charge is -2.16. The van der Waals surface area contributed by atoms with Crippen molar-refractivity contribution >= 4 is 21.6 Å². The van der Waals surface area contributed by atoms with Gasteiger partial charge in [-0.2, -0.15) is 0 Å². The van der Waals surface area contributed by atoms with Crippen molar-refractivity contribution in [1.82, 2.24) is 5.32 Å². The van der Waals surface area contributed by atoms with Gasteiger partial charge in [0.1, 0.15) is 0 Å². The summed E-state index contributed by atoms with van der Waals surface area (Å²) in [5, 5.41) is 2.98. The lowest BCUT2D eigenvalue weighted by atomic mass is 10.0. The van der Waals surface area contributed by atoms with E-state index in [9.17, 15) is 13.2 Å². The van der Waals surface area contributed by atoms with E-state index in [0.717, 1.165) is 11.1 Å². The third-order valence-corrected chi connectivity index (χ3v) is 6.51. The van der Waals surface area contributed by atoms with E-state index in [4.69, 9.17) is 0 Å². The van der Waals surface area contributed by atoms with Crippen LogP contribution in [0.2, 0.25) is 0 Å². The van der Waals surface area contributed by atoms with Crippen LogP contribution in [0.5, 0.6) is 0 Å². The third kappa shape index (κ3) is 5.07. The zero-order valence-corrected chi connectivity index (χ0v) is 18.4. The van der Waals surface area contributed by atoms with Gasteiger partial charge in [0.2, 0.25) is 0 Å². The Morgan fingerprint density at radius 1 is 0.833 bits per heavy atom. The summed E-state index contributed by atoms with van der Waals surface area (Å²) in [4.78, 5) is 12.8. The molecule has 3 aromatic rings. The molecule has 2 N–H and O–H groups in total. The highest BCUT2D eigenvalue weighted by molar-refractivity contribution is 7.92. The molecule has 0 aliphatic rings. The average molecular weight is 423 g/mol. The fourth-order valence-electron chi connectivity index (χ4n) is 3.02. The van der Waals surface area contributed by atoms with Gasteiger partial charge in [0.25, 0.3) is 15.9 Å². The van der Waals surface area contributed by atoms with Gasteiger partial charge in [0, 0.05) is 11.3 Å². The van der Waals surface area contributed by atoms with Gasteiger partial charge in [0.05, 0.1) is 10.9 Å². The second-order valence-corrected chi connectivity index (χ2v) is 9.22.